The van der Waals surface area contributed by atoms with E-state index in [2.05, 4.69) is 10.4 Å². The minimum Gasteiger partial charge on any atom is -0.350 e. The summed E-state index contributed by atoms with van der Waals surface area (Å²) in [6.07, 6.45) is 0. The molecule has 5 heteroatoms. The Morgan fingerprint density at radius 2 is 1.81 bits per heavy atom. The first kappa shape index (κ1) is 15.0. The lowest BCUT2D eigenvalue weighted by atomic mass is 10.1. The van der Waals surface area contributed by atoms with Crippen molar-refractivity contribution in [2.24, 2.45) is 0 Å². The van der Waals surface area contributed by atoms with Crippen LogP contribution >= 0.6 is 0 Å². The molecular weight excluding hydrogens is 266 g/mol. The Morgan fingerprint density at radius 3 is 2.43 bits per heavy atom. The van der Waals surface area contributed by atoms with Crippen molar-refractivity contribution in [1.29, 1.82) is 0 Å². The van der Waals surface area contributed by atoms with Gasteiger partial charge in [0.1, 0.15) is 6.54 Å². The van der Waals surface area contributed by atoms with Gasteiger partial charge in [-0.05, 0) is 26.8 Å². The van der Waals surface area contributed by atoms with E-state index in [1.165, 1.54) is 10.7 Å². The van der Waals surface area contributed by atoms with E-state index in [1.807, 2.05) is 51.1 Å². The molecule has 0 aliphatic rings. The molecule has 0 radical (unpaired) electrons. The van der Waals surface area contributed by atoms with Gasteiger partial charge in [-0.15, -0.1) is 0 Å². The molecule has 21 heavy (non-hydrogen) atoms. The van der Waals surface area contributed by atoms with Gasteiger partial charge in [0.15, 0.2) is 0 Å². The monoisotopic (exact) mass is 285 g/mol. The van der Waals surface area contributed by atoms with Gasteiger partial charge in [-0.1, -0.05) is 30.3 Å². The molecule has 0 fully saturated rings. The first-order chi connectivity index (χ1) is 9.85. The molecule has 1 amide bonds. The Labute approximate surface area is 123 Å². The number of carbonyl (C=O) groups is 1. The average molecular weight is 285 g/mol. The second kappa shape index (κ2) is 5.91. The molecule has 1 heterocycles. The fourth-order valence-corrected chi connectivity index (χ4v) is 1.92. The van der Waals surface area contributed by atoms with Gasteiger partial charge in [-0.2, -0.15) is 5.10 Å². The third kappa shape index (κ3) is 4.27. The molecule has 0 bridgehead atoms. The molecule has 2 rings (SSSR count). The number of nitrogens with zero attached hydrogens (tertiary/aromatic N) is 2. The summed E-state index contributed by atoms with van der Waals surface area (Å²) < 4.78 is 1.18. The topological polar surface area (TPSA) is 64.0 Å². The third-order valence-electron chi connectivity index (χ3n) is 2.74. The molecule has 0 aliphatic heterocycles. The van der Waals surface area contributed by atoms with Gasteiger partial charge in [-0.3, -0.25) is 9.59 Å². The summed E-state index contributed by atoms with van der Waals surface area (Å²) in [5.74, 6) is -0.234. The average Bonchev–Trinajstić information content (AvgIpc) is 2.40. The molecule has 2 aromatic rings. The maximum absolute atomic E-state index is 11.9. The lowest BCUT2D eigenvalue weighted by Crippen LogP contribution is -2.43. The minimum absolute atomic E-state index is 0.0865. The number of nitrogens with one attached hydrogen (secondary N) is 1. The van der Waals surface area contributed by atoms with Crippen LogP contribution in [-0.4, -0.2) is 21.2 Å². The standard InChI is InChI=1S/C16H19N3O2/c1-16(2,3)17-14(20)11-19-15(21)10-9-13(18-19)12-7-5-4-6-8-12/h4-10H,11H2,1-3H3,(H,17,20). The molecule has 1 aromatic heterocycles. The van der Waals surface area contributed by atoms with Crippen LogP contribution in [0.4, 0.5) is 0 Å². The molecule has 0 unspecified atom stereocenters. The van der Waals surface area contributed by atoms with Crippen LogP contribution < -0.4 is 10.9 Å². The Kier molecular flexibility index (Phi) is 4.21. The van der Waals surface area contributed by atoms with Crippen molar-refractivity contribution >= 4 is 5.91 Å². The molecular formula is C16H19N3O2. The highest BCUT2D eigenvalue weighted by atomic mass is 16.2. The predicted octanol–water partition coefficient (Wildman–Crippen LogP) is 1.82. The summed E-state index contributed by atoms with van der Waals surface area (Å²) in [5.41, 5.74) is 0.942. The van der Waals surface area contributed by atoms with Crippen LogP contribution in [0.25, 0.3) is 11.3 Å². The third-order valence-corrected chi connectivity index (χ3v) is 2.74. The Balaban J connectivity index is 2.25. The van der Waals surface area contributed by atoms with Gasteiger partial charge in [0.2, 0.25) is 5.91 Å². The fraction of sp³-hybridized carbons (Fsp3) is 0.312. The SMILES string of the molecule is CC(C)(C)NC(=O)Cn1nc(-c2ccccc2)ccc1=O. The Morgan fingerprint density at radius 1 is 1.14 bits per heavy atom. The highest BCUT2D eigenvalue weighted by Gasteiger charge is 2.15. The van der Waals surface area contributed by atoms with Crippen LogP contribution in [0.15, 0.2) is 47.3 Å². The van der Waals surface area contributed by atoms with E-state index in [-0.39, 0.29) is 23.6 Å². The lowest BCUT2D eigenvalue weighted by molar-refractivity contribution is -0.123. The van der Waals surface area contributed by atoms with Gasteiger partial charge >= 0.3 is 0 Å². The quantitative estimate of drug-likeness (QED) is 0.935. The zero-order valence-electron chi connectivity index (χ0n) is 12.5. The number of hydrogen-bond donors (Lipinski definition) is 1. The second-order valence-corrected chi connectivity index (χ2v) is 5.88. The molecule has 0 saturated carbocycles. The Bertz CT molecular complexity index is 685. The number of amides is 1. The van der Waals surface area contributed by atoms with E-state index in [0.29, 0.717) is 5.69 Å². The highest BCUT2D eigenvalue weighted by molar-refractivity contribution is 5.76. The number of carbonyl (C=O) groups excluding carboxylic acids is 1. The van der Waals surface area contributed by atoms with E-state index >= 15 is 0 Å². The predicted molar refractivity (Wildman–Crippen MR) is 81.8 cm³/mol. The molecule has 1 aromatic carbocycles. The molecule has 0 saturated heterocycles. The maximum atomic E-state index is 11.9. The van der Waals surface area contributed by atoms with Crippen LogP contribution in [0.2, 0.25) is 0 Å². The summed E-state index contributed by atoms with van der Waals surface area (Å²) >= 11 is 0. The van der Waals surface area contributed by atoms with E-state index in [4.69, 9.17) is 0 Å². The van der Waals surface area contributed by atoms with Gasteiger partial charge in [0.05, 0.1) is 5.69 Å². The van der Waals surface area contributed by atoms with Gasteiger partial charge in [-0.25, -0.2) is 4.68 Å². The molecule has 1 N–H and O–H groups in total. The van der Waals surface area contributed by atoms with Crippen LogP contribution in [0.5, 0.6) is 0 Å². The van der Waals surface area contributed by atoms with Gasteiger partial charge in [0, 0.05) is 17.2 Å². The number of aromatic nitrogens is 2. The van der Waals surface area contributed by atoms with Crippen molar-refractivity contribution in [3.63, 3.8) is 0 Å². The van der Waals surface area contributed by atoms with Crippen molar-refractivity contribution in [2.75, 3.05) is 0 Å². The van der Waals surface area contributed by atoms with Crippen LogP contribution in [0, 0.1) is 0 Å². The normalized spacial score (nSPS) is 11.2. The molecule has 5 nitrogen and oxygen atoms in total. The lowest BCUT2D eigenvalue weighted by Gasteiger charge is -2.20. The van der Waals surface area contributed by atoms with Gasteiger partial charge in [0.25, 0.3) is 5.56 Å². The highest BCUT2D eigenvalue weighted by Crippen LogP contribution is 2.13. The van der Waals surface area contributed by atoms with Crippen molar-refractivity contribution < 1.29 is 4.79 Å². The summed E-state index contributed by atoms with van der Waals surface area (Å²) in [6, 6.07) is 12.6. The van der Waals surface area contributed by atoms with E-state index < -0.39 is 0 Å². The minimum atomic E-state index is -0.336. The zero-order chi connectivity index (χ0) is 15.5. The second-order valence-electron chi connectivity index (χ2n) is 5.88. The van der Waals surface area contributed by atoms with E-state index in [9.17, 15) is 9.59 Å². The van der Waals surface area contributed by atoms with Crippen molar-refractivity contribution in [3.8, 4) is 11.3 Å². The van der Waals surface area contributed by atoms with Crippen molar-refractivity contribution in [1.82, 2.24) is 15.1 Å². The number of rotatable bonds is 3. The fourth-order valence-electron chi connectivity index (χ4n) is 1.92. The van der Waals surface area contributed by atoms with Crippen LogP contribution in [0.3, 0.4) is 0 Å². The summed E-state index contributed by atoms with van der Waals surface area (Å²) in [6.45, 7) is 5.58. The van der Waals surface area contributed by atoms with Crippen LogP contribution in [0.1, 0.15) is 20.8 Å². The van der Waals surface area contributed by atoms with E-state index in [1.54, 1.807) is 6.07 Å². The molecule has 0 spiro atoms. The first-order valence-corrected chi connectivity index (χ1v) is 6.80. The molecule has 0 aliphatic carbocycles. The Hall–Kier alpha value is -2.43. The van der Waals surface area contributed by atoms with Gasteiger partial charge < -0.3 is 5.32 Å². The smallest absolute Gasteiger partial charge is 0.267 e. The van der Waals surface area contributed by atoms with Crippen LogP contribution in [-0.2, 0) is 11.3 Å². The summed E-state index contributed by atoms with van der Waals surface area (Å²) in [4.78, 5) is 23.7. The summed E-state index contributed by atoms with van der Waals surface area (Å²) in [7, 11) is 0. The zero-order valence-corrected chi connectivity index (χ0v) is 12.5. The van der Waals surface area contributed by atoms with Crippen molar-refractivity contribution in [3.05, 3.63) is 52.8 Å². The summed E-state index contributed by atoms with van der Waals surface area (Å²) in [5, 5.41) is 7.07. The number of benzene rings is 1. The first-order valence-electron chi connectivity index (χ1n) is 6.80. The number of hydrogen-bond acceptors (Lipinski definition) is 3. The van der Waals surface area contributed by atoms with Crippen molar-refractivity contribution in [2.45, 2.75) is 32.9 Å². The maximum Gasteiger partial charge on any atom is 0.267 e. The molecule has 110 valence electrons. The largest absolute Gasteiger partial charge is 0.350 e. The van der Waals surface area contributed by atoms with E-state index in [0.717, 1.165) is 5.56 Å². The molecule has 0 atom stereocenters.